The number of carbonyl (C=O) groups is 1. The van der Waals surface area contributed by atoms with Gasteiger partial charge in [-0.25, -0.2) is 4.98 Å². The first kappa shape index (κ1) is 15.6. The van der Waals surface area contributed by atoms with Crippen LogP contribution in [0.4, 0.5) is 10.8 Å². The molecule has 1 fully saturated rings. The van der Waals surface area contributed by atoms with Crippen molar-refractivity contribution in [3.8, 4) is 0 Å². The van der Waals surface area contributed by atoms with Crippen LogP contribution in [0.5, 0.6) is 0 Å². The Labute approximate surface area is 147 Å². The molecule has 1 saturated heterocycles. The van der Waals surface area contributed by atoms with Gasteiger partial charge in [0.2, 0.25) is 5.91 Å². The molecule has 4 nitrogen and oxygen atoms in total. The van der Waals surface area contributed by atoms with Gasteiger partial charge in [0.1, 0.15) is 0 Å². The molecule has 0 aliphatic carbocycles. The summed E-state index contributed by atoms with van der Waals surface area (Å²) in [4.78, 5) is 22.8. The maximum Gasteiger partial charge on any atom is 0.227 e. The van der Waals surface area contributed by atoms with Crippen LogP contribution < -0.4 is 9.80 Å². The zero-order valence-corrected chi connectivity index (χ0v) is 14.9. The summed E-state index contributed by atoms with van der Waals surface area (Å²) >= 11 is 1.76. The molecule has 2 aromatic rings. The van der Waals surface area contributed by atoms with Crippen molar-refractivity contribution in [2.75, 3.05) is 29.4 Å². The Morgan fingerprint density at radius 1 is 1.25 bits per heavy atom. The summed E-state index contributed by atoms with van der Waals surface area (Å²) in [6, 6.07) is 8.30. The second kappa shape index (κ2) is 6.55. The summed E-state index contributed by atoms with van der Waals surface area (Å²) in [7, 11) is 0. The first-order valence-corrected chi connectivity index (χ1v) is 9.58. The van der Waals surface area contributed by atoms with Gasteiger partial charge in [-0.15, -0.1) is 11.3 Å². The monoisotopic (exact) mass is 341 g/mol. The predicted octanol–water partition coefficient (Wildman–Crippen LogP) is 3.65. The molecule has 4 rings (SSSR count). The van der Waals surface area contributed by atoms with E-state index in [1.807, 2.05) is 17.2 Å². The topological polar surface area (TPSA) is 36.4 Å². The Balaban J connectivity index is 1.33. The number of fused-ring (bicyclic) bond motifs is 1. The highest BCUT2D eigenvalue weighted by atomic mass is 32.1. The van der Waals surface area contributed by atoms with E-state index < -0.39 is 0 Å². The molecule has 0 spiro atoms. The fraction of sp³-hybridized carbons (Fsp3) is 0.474. The molecule has 5 heteroatoms. The molecule has 0 bridgehead atoms. The van der Waals surface area contributed by atoms with Crippen molar-refractivity contribution in [2.24, 2.45) is 5.92 Å². The summed E-state index contributed by atoms with van der Waals surface area (Å²) in [5, 5.41) is 1.13. The number of thiazole rings is 1. The van der Waals surface area contributed by atoms with Crippen molar-refractivity contribution >= 4 is 28.1 Å². The number of rotatable bonds is 3. The van der Waals surface area contributed by atoms with Gasteiger partial charge in [0.25, 0.3) is 0 Å². The molecule has 0 unspecified atom stereocenters. The van der Waals surface area contributed by atoms with E-state index >= 15 is 0 Å². The van der Waals surface area contributed by atoms with Crippen LogP contribution in [0.3, 0.4) is 0 Å². The Bertz CT molecular complexity index is 734. The van der Waals surface area contributed by atoms with E-state index in [4.69, 9.17) is 0 Å². The molecule has 126 valence electrons. The molecule has 24 heavy (non-hydrogen) atoms. The second-order valence-corrected chi connectivity index (χ2v) is 8.03. The Kier molecular flexibility index (Phi) is 4.27. The number of hydrogen-bond acceptors (Lipinski definition) is 4. The van der Waals surface area contributed by atoms with Gasteiger partial charge in [0.15, 0.2) is 5.13 Å². The Morgan fingerprint density at radius 2 is 2.04 bits per heavy atom. The number of nitrogens with zero attached hydrogens (tertiary/aromatic N) is 3. The lowest BCUT2D eigenvalue weighted by Crippen LogP contribution is -2.37. The molecule has 1 aromatic heterocycles. The van der Waals surface area contributed by atoms with Crippen molar-refractivity contribution < 1.29 is 4.79 Å². The van der Waals surface area contributed by atoms with Gasteiger partial charge in [-0.05, 0) is 43.7 Å². The maximum absolute atomic E-state index is 12.7. The number of aryl methyl sites for hydroxylation is 1. The zero-order chi connectivity index (χ0) is 16.5. The summed E-state index contributed by atoms with van der Waals surface area (Å²) in [6.45, 7) is 4.97. The number of hydrogen-bond donors (Lipinski definition) is 0. The first-order chi connectivity index (χ1) is 11.7. The molecule has 1 aromatic carbocycles. The Morgan fingerprint density at radius 3 is 2.79 bits per heavy atom. The summed E-state index contributed by atoms with van der Waals surface area (Å²) in [5.41, 5.74) is 2.43. The van der Waals surface area contributed by atoms with Gasteiger partial charge in [-0.1, -0.05) is 18.2 Å². The van der Waals surface area contributed by atoms with Crippen LogP contribution in [0.2, 0.25) is 0 Å². The molecule has 0 radical (unpaired) electrons. The predicted molar refractivity (Wildman–Crippen MR) is 98.9 cm³/mol. The van der Waals surface area contributed by atoms with Crippen molar-refractivity contribution in [3.05, 3.63) is 40.9 Å². The van der Waals surface area contributed by atoms with Crippen molar-refractivity contribution in [1.29, 1.82) is 0 Å². The van der Waals surface area contributed by atoms with E-state index in [-0.39, 0.29) is 0 Å². The highest BCUT2D eigenvalue weighted by molar-refractivity contribution is 7.15. The number of aromatic nitrogens is 1. The quantitative estimate of drug-likeness (QED) is 0.855. The van der Waals surface area contributed by atoms with Crippen LogP contribution in [0, 0.1) is 12.8 Å². The zero-order valence-electron chi connectivity index (χ0n) is 14.1. The summed E-state index contributed by atoms with van der Waals surface area (Å²) < 4.78 is 0. The van der Waals surface area contributed by atoms with Gasteiger partial charge in [-0.2, -0.15) is 0 Å². The van der Waals surface area contributed by atoms with E-state index in [0.29, 0.717) is 18.2 Å². The van der Waals surface area contributed by atoms with Crippen molar-refractivity contribution in [3.63, 3.8) is 0 Å². The number of piperidine rings is 1. The minimum atomic E-state index is 0.295. The lowest BCUT2D eigenvalue weighted by atomic mass is 9.93. The highest BCUT2D eigenvalue weighted by Crippen LogP contribution is 2.31. The molecule has 2 aliphatic heterocycles. The van der Waals surface area contributed by atoms with Gasteiger partial charge < -0.3 is 9.80 Å². The second-order valence-electron chi connectivity index (χ2n) is 6.81. The van der Waals surface area contributed by atoms with Crippen LogP contribution in [0.25, 0.3) is 0 Å². The van der Waals surface area contributed by atoms with Crippen molar-refractivity contribution in [1.82, 2.24) is 4.98 Å². The smallest absolute Gasteiger partial charge is 0.227 e. The molecule has 3 heterocycles. The van der Waals surface area contributed by atoms with Gasteiger partial charge in [0, 0.05) is 42.8 Å². The van der Waals surface area contributed by atoms with Crippen LogP contribution >= 0.6 is 11.3 Å². The van der Waals surface area contributed by atoms with Gasteiger partial charge >= 0.3 is 0 Å². The summed E-state index contributed by atoms with van der Waals surface area (Å²) in [6.07, 6.45) is 5.78. The maximum atomic E-state index is 12.7. The number of carbonyl (C=O) groups excluding carboxylic acids is 1. The third-order valence-corrected chi connectivity index (χ3v) is 6.12. The third-order valence-electron chi connectivity index (χ3n) is 5.15. The molecule has 0 atom stereocenters. The lowest BCUT2D eigenvalue weighted by molar-refractivity contribution is -0.119. The number of anilines is 2. The van der Waals surface area contributed by atoms with Crippen LogP contribution in [-0.2, 0) is 11.2 Å². The van der Waals surface area contributed by atoms with Crippen molar-refractivity contribution in [2.45, 2.75) is 32.6 Å². The van der Waals surface area contributed by atoms with E-state index in [2.05, 4.69) is 35.0 Å². The SMILES string of the molecule is Cc1cnc(N2CCC(CC(=O)N3CCc4ccccc43)CC2)s1. The minimum absolute atomic E-state index is 0.295. The highest BCUT2D eigenvalue weighted by Gasteiger charge is 2.28. The molecular formula is C19H23N3OS. The van der Waals surface area contributed by atoms with E-state index in [9.17, 15) is 4.79 Å². The molecule has 1 amide bonds. The third kappa shape index (κ3) is 3.05. The fourth-order valence-corrected chi connectivity index (χ4v) is 4.58. The Hall–Kier alpha value is -1.88. The molecular weight excluding hydrogens is 318 g/mol. The summed E-state index contributed by atoms with van der Waals surface area (Å²) in [5.74, 6) is 0.797. The number of benzene rings is 1. The van der Waals surface area contributed by atoms with Crippen LogP contribution in [0.1, 0.15) is 29.7 Å². The molecule has 0 N–H and O–H groups in total. The number of para-hydroxylation sites is 1. The fourth-order valence-electron chi connectivity index (χ4n) is 3.77. The largest absolute Gasteiger partial charge is 0.348 e. The lowest BCUT2D eigenvalue weighted by Gasteiger charge is -2.32. The van der Waals surface area contributed by atoms with Crippen LogP contribution in [-0.4, -0.2) is 30.5 Å². The average Bonchev–Trinajstić information content (AvgIpc) is 3.22. The van der Waals surface area contributed by atoms with Gasteiger partial charge in [0.05, 0.1) is 0 Å². The normalized spacial score (nSPS) is 18.0. The van der Waals surface area contributed by atoms with Crippen LogP contribution in [0.15, 0.2) is 30.5 Å². The minimum Gasteiger partial charge on any atom is -0.348 e. The van der Waals surface area contributed by atoms with E-state index in [1.165, 1.54) is 10.4 Å². The molecule has 0 saturated carbocycles. The van der Waals surface area contributed by atoms with E-state index in [1.54, 1.807) is 11.3 Å². The van der Waals surface area contributed by atoms with E-state index in [0.717, 1.165) is 49.7 Å². The van der Waals surface area contributed by atoms with Gasteiger partial charge in [-0.3, -0.25) is 4.79 Å². The number of amides is 1. The average molecular weight is 341 g/mol. The standard InChI is InChI=1S/C19H23N3OS/c1-14-13-20-19(24-14)21-9-6-15(7-10-21)12-18(23)22-11-8-16-4-2-3-5-17(16)22/h2-5,13,15H,6-12H2,1H3. The first-order valence-electron chi connectivity index (χ1n) is 8.76. The molecule has 2 aliphatic rings.